The van der Waals surface area contributed by atoms with Gasteiger partial charge in [-0.05, 0) is 44.0 Å². The standard InChI is InChI=1S/C13H17N3O/c1-2-12(17-7-1)11-9-15-13(16-11)8-10-3-5-14-6-4-10/h1-2,7,9-10,14H,3-6,8H2,(H,15,16). The number of nitrogens with one attached hydrogen (secondary N) is 2. The maximum absolute atomic E-state index is 5.34. The van der Waals surface area contributed by atoms with E-state index in [0.717, 1.165) is 42.7 Å². The fraction of sp³-hybridized carbons (Fsp3) is 0.462. The van der Waals surface area contributed by atoms with Gasteiger partial charge in [-0.2, -0.15) is 0 Å². The van der Waals surface area contributed by atoms with Gasteiger partial charge >= 0.3 is 0 Å². The molecule has 0 atom stereocenters. The lowest BCUT2D eigenvalue weighted by molar-refractivity contribution is 0.368. The van der Waals surface area contributed by atoms with Crippen molar-refractivity contribution in [1.29, 1.82) is 0 Å². The van der Waals surface area contributed by atoms with Crippen LogP contribution in [0.2, 0.25) is 0 Å². The van der Waals surface area contributed by atoms with Gasteiger partial charge in [0.05, 0.1) is 12.5 Å². The highest BCUT2D eigenvalue weighted by molar-refractivity contribution is 5.50. The minimum atomic E-state index is 0.756. The van der Waals surface area contributed by atoms with E-state index in [4.69, 9.17) is 4.42 Å². The molecule has 0 unspecified atom stereocenters. The third kappa shape index (κ3) is 2.42. The number of aromatic amines is 1. The van der Waals surface area contributed by atoms with Gasteiger partial charge in [0.2, 0.25) is 0 Å². The Morgan fingerprint density at radius 1 is 1.35 bits per heavy atom. The summed E-state index contributed by atoms with van der Waals surface area (Å²) < 4.78 is 5.34. The molecule has 0 aromatic carbocycles. The topological polar surface area (TPSA) is 53.9 Å². The number of rotatable bonds is 3. The summed E-state index contributed by atoms with van der Waals surface area (Å²) in [4.78, 5) is 7.77. The second-order valence-electron chi connectivity index (χ2n) is 4.62. The van der Waals surface area contributed by atoms with Gasteiger partial charge in [-0.1, -0.05) is 0 Å². The van der Waals surface area contributed by atoms with Gasteiger partial charge in [0.15, 0.2) is 5.76 Å². The number of aromatic nitrogens is 2. The molecule has 0 radical (unpaired) electrons. The molecule has 0 amide bonds. The van der Waals surface area contributed by atoms with Crippen LogP contribution in [0, 0.1) is 5.92 Å². The minimum absolute atomic E-state index is 0.756. The van der Waals surface area contributed by atoms with E-state index >= 15 is 0 Å². The SMILES string of the molecule is c1coc(-c2cnc(CC3CCNCC3)[nH]2)c1. The van der Waals surface area contributed by atoms with Crippen LogP contribution in [0.25, 0.3) is 11.5 Å². The highest BCUT2D eigenvalue weighted by atomic mass is 16.3. The molecule has 2 N–H and O–H groups in total. The van der Waals surface area contributed by atoms with Crippen molar-refractivity contribution < 1.29 is 4.42 Å². The van der Waals surface area contributed by atoms with Crippen LogP contribution in [0.3, 0.4) is 0 Å². The third-order valence-electron chi connectivity index (χ3n) is 3.36. The number of furan rings is 1. The summed E-state index contributed by atoms with van der Waals surface area (Å²) in [6.07, 6.45) is 7.08. The largest absolute Gasteiger partial charge is 0.463 e. The second-order valence-corrected chi connectivity index (χ2v) is 4.62. The van der Waals surface area contributed by atoms with Crippen LogP contribution in [0.5, 0.6) is 0 Å². The Labute approximate surface area is 100 Å². The Hall–Kier alpha value is -1.55. The average molecular weight is 231 g/mol. The molecule has 1 aliphatic rings. The number of hydrogen-bond donors (Lipinski definition) is 2. The number of nitrogens with zero attached hydrogens (tertiary/aromatic N) is 1. The molecule has 4 heteroatoms. The summed E-state index contributed by atoms with van der Waals surface area (Å²) in [5.74, 6) is 2.68. The van der Waals surface area contributed by atoms with Crippen molar-refractivity contribution in [3.05, 3.63) is 30.4 Å². The normalized spacial score (nSPS) is 17.4. The molecule has 3 heterocycles. The van der Waals surface area contributed by atoms with Crippen LogP contribution >= 0.6 is 0 Å². The lowest BCUT2D eigenvalue weighted by atomic mass is 9.94. The predicted molar refractivity (Wildman–Crippen MR) is 65.6 cm³/mol. The van der Waals surface area contributed by atoms with Crippen LogP contribution in [0.1, 0.15) is 18.7 Å². The molecule has 1 aliphatic heterocycles. The fourth-order valence-corrected chi connectivity index (χ4v) is 2.38. The Morgan fingerprint density at radius 2 is 2.24 bits per heavy atom. The third-order valence-corrected chi connectivity index (χ3v) is 3.36. The van der Waals surface area contributed by atoms with Gasteiger partial charge in [0, 0.05) is 6.42 Å². The number of H-pyrrole nitrogens is 1. The first-order valence-electron chi connectivity index (χ1n) is 6.20. The van der Waals surface area contributed by atoms with Gasteiger partial charge in [-0.15, -0.1) is 0 Å². The van der Waals surface area contributed by atoms with Crippen molar-refractivity contribution in [3.63, 3.8) is 0 Å². The van der Waals surface area contributed by atoms with Crippen molar-refractivity contribution in [2.24, 2.45) is 5.92 Å². The van der Waals surface area contributed by atoms with E-state index in [1.165, 1.54) is 12.8 Å². The maximum atomic E-state index is 5.34. The van der Waals surface area contributed by atoms with E-state index in [9.17, 15) is 0 Å². The van der Waals surface area contributed by atoms with E-state index in [0.29, 0.717) is 0 Å². The van der Waals surface area contributed by atoms with Crippen molar-refractivity contribution >= 4 is 0 Å². The monoisotopic (exact) mass is 231 g/mol. The molecule has 0 spiro atoms. The van der Waals surface area contributed by atoms with Crippen LogP contribution in [0.15, 0.2) is 29.0 Å². The van der Waals surface area contributed by atoms with E-state index in [-0.39, 0.29) is 0 Å². The molecule has 2 aromatic rings. The van der Waals surface area contributed by atoms with Gasteiger partial charge in [0.1, 0.15) is 11.5 Å². The fourth-order valence-electron chi connectivity index (χ4n) is 2.38. The van der Waals surface area contributed by atoms with Gasteiger partial charge < -0.3 is 14.7 Å². The molecule has 17 heavy (non-hydrogen) atoms. The molecule has 1 saturated heterocycles. The van der Waals surface area contributed by atoms with Crippen LogP contribution < -0.4 is 5.32 Å². The van der Waals surface area contributed by atoms with E-state index in [1.54, 1.807) is 6.26 Å². The van der Waals surface area contributed by atoms with E-state index in [1.807, 2.05) is 18.3 Å². The zero-order valence-corrected chi connectivity index (χ0v) is 9.78. The van der Waals surface area contributed by atoms with Crippen molar-refractivity contribution in [1.82, 2.24) is 15.3 Å². The van der Waals surface area contributed by atoms with Crippen molar-refractivity contribution in [2.45, 2.75) is 19.3 Å². The van der Waals surface area contributed by atoms with Crippen LogP contribution in [-0.2, 0) is 6.42 Å². The Kier molecular flexibility index (Phi) is 2.96. The molecule has 2 aromatic heterocycles. The molecule has 0 bridgehead atoms. The lowest BCUT2D eigenvalue weighted by Crippen LogP contribution is -2.28. The lowest BCUT2D eigenvalue weighted by Gasteiger charge is -2.21. The Balaban J connectivity index is 1.68. The zero-order valence-electron chi connectivity index (χ0n) is 9.78. The highest BCUT2D eigenvalue weighted by Crippen LogP contribution is 2.20. The summed E-state index contributed by atoms with van der Waals surface area (Å²) in [5.41, 5.74) is 0.971. The summed E-state index contributed by atoms with van der Waals surface area (Å²) in [7, 11) is 0. The molecule has 0 aliphatic carbocycles. The van der Waals surface area contributed by atoms with Crippen molar-refractivity contribution in [2.75, 3.05) is 13.1 Å². The summed E-state index contributed by atoms with van der Waals surface area (Å²) in [6.45, 7) is 2.27. The molecular weight excluding hydrogens is 214 g/mol. The Bertz CT molecular complexity index is 455. The number of hydrogen-bond acceptors (Lipinski definition) is 3. The van der Waals surface area contributed by atoms with Crippen LogP contribution in [-0.4, -0.2) is 23.1 Å². The Morgan fingerprint density at radius 3 is 3.00 bits per heavy atom. The first kappa shape index (κ1) is 10.6. The van der Waals surface area contributed by atoms with Gasteiger partial charge in [-0.3, -0.25) is 0 Å². The molecule has 90 valence electrons. The maximum Gasteiger partial charge on any atom is 0.151 e. The van der Waals surface area contributed by atoms with Gasteiger partial charge in [-0.25, -0.2) is 4.98 Å². The van der Waals surface area contributed by atoms with E-state index in [2.05, 4.69) is 15.3 Å². The molecule has 1 fully saturated rings. The highest BCUT2D eigenvalue weighted by Gasteiger charge is 2.15. The van der Waals surface area contributed by atoms with Crippen molar-refractivity contribution in [3.8, 4) is 11.5 Å². The summed E-state index contributed by atoms with van der Waals surface area (Å²) in [5, 5.41) is 3.38. The first-order valence-corrected chi connectivity index (χ1v) is 6.20. The quantitative estimate of drug-likeness (QED) is 0.851. The molecular formula is C13H17N3O. The van der Waals surface area contributed by atoms with Gasteiger partial charge in [0.25, 0.3) is 0 Å². The number of piperidine rings is 1. The smallest absolute Gasteiger partial charge is 0.151 e. The first-order chi connectivity index (χ1) is 8.42. The summed E-state index contributed by atoms with van der Waals surface area (Å²) in [6, 6.07) is 3.84. The predicted octanol–water partition coefficient (Wildman–Crippen LogP) is 2.21. The molecule has 3 rings (SSSR count). The van der Waals surface area contributed by atoms with E-state index < -0.39 is 0 Å². The molecule has 4 nitrogen and oxygen atoms in total. The number of imidazole rings is 1. The second kappa shape index (κ2) is 4.75. The van der Waals surface area contributed by atoms with Crippen LogP contribution in [0.4, 0.5) is 0 Å². The minimum Gasteiger partial charge on any atom is -0.463 e. The summed E-state index contributed by atoms with van der Waals surface area (Å²) >= 11 is 0. The molecule has 0 saturated carbocycles. The average Bonchev–Trinajstić information content (AvgIpc) is 3.00. The zero-order chi connectivity index (χ0) is 11.5.